The van der Waals surface area contributed by atoms with Crippen LogP contribution in [0.25, 0.3) is 0 Å². The van der Waals surface area contributed by atoms with E-state index in [2.05, 4.69) is 15.6 Å². The van der Waals surface area contributed by atoms with Gasteiger partial charge in [0.25, 0.3) is 0 Å². The number of nitrogens with zero attached hydrogens (tertiary/aromatic N) is 2. The van der Waals surface area contributed by atoms with E-state index in [4.69, 9.17) is 16.3 Å². The number of benzene rings is 1. The predicted octanol–water partition coefficient (Wildman–Crippen LogP) is 2.34. The molecule has 7 heteroatoms. The average molecular weight is 323 g/mol. The van der Waals surface area contributed by atoms with Gasteiger partial charge in [0.2, 0.25) is 0 Å². The number of rotatable bonds is 6. The van der Waals surface area contributed by atoms with E-state index in [0.29, 0.717) is 23.9 Å². The molecule has 0 radical (unpaired) electrons. The number of carbonyl (C=O) groups is 1. The maximum Gasteiger partial charge on any atom is 0.315 e. The summed E-state index contributed by atoms with van der Waals surface area (Å²) in [4.78, 5) is 15.9. The predicted molar refractivity (Wildman–Crippen MR) is 85.0 cm³/mol. The van der Waals surface area contributed by atoms with Crippen molar-refractivity contribution in [3.05, 3.63) is 47.5 Å². The van der Waals surface area contributed by atoms with Crippen molar-refractivity contribution in [2.75, 3.05) is 6.54 Å². The van der Waals surface area contributed by atoms with Crippen molar-refractivity contribution in [3.63, 3.8) is 0 Å². The highest BCUT2D eigenvalue weighted by atomic mass is 35.5. The molecule has 2 amide bonds. The van der Waals surface area contributed by atoms with Crippen molar-refractivity contribution >= 4 is 17.6 Å². The molecule has 2 aromatic rings. The van der Waals surface area contributed by atoms with Crippen molar-refractivity contribution in [1.29, 1.82) is 0 Å². The number of hydrogen-bond acceptors (Lipinski definition) is 3. The molecule has 2 rings (SSSR count). The lowest BCUT2D eigenvalue weighted by Crippen LogP contribution is -2.40. The third-order valence-corrected chi connectivity index (χ3v) is 3.36. The van der Waals surface area contributed by atoms with Gasteiger partial charge in [-0.3, -0.25) is 0 Å². The van der Waals surface area contributed by atoms with E-state index in [1.54, 1.807) is 18.3 Å². The van der Waals surface area contributed by atoms with Crippen LogP contribution in [-0.2, 0) is 13.6 Å². The van der Waals surface area contributed by atoms with Crippen LogP contribution >= 0.6 is 11.6 Å². The van der Waals surface area contributed by atoms with Gasteiger partial charge >= 0.3 is 6.03 Å². The first-order chi connectivity index (χ1) is 10.6. The second kappa shape index (κ2) is 7.70. The molecular formula is C15H19ClN4O2. The van der Waals surface area contributed by atoms with Crippen LogP contribution < -0.4 is 15.4 Å². The number of imidazole rings is 1. The summed E-state index contributed by atoms with van der Waals surface area (Å²) in [6.07, 6.45) is 3.32. The number of para-hydroxylation sites is 1. The molecule has 0 saturated carbocycles. The Morgan fingerprint density at radius 2 is 2.18 bits per heavy atom. The highest BCUT2D eigenvalue weighted by Crippen LogP contribution is 2.23. The molecule has 0 aliphatic carbocycles. The van der Waals surface area contributed by atoms with E-state index in [-0.39, 0.29) is 12.1 Å². The molecule has 22 heavy (non-hydrogen) atoms. The number of amides is 2. The van der Waals surface area contributed by atoms with Gasteiger partial charge in [0.15, 0.2) is 0 Å². The molecule has 1 aromatic heterocycles. The second-order valence-corrected chi connectivity index (χ2v) is 5.28. The van der Waals surface area contributed by atoms with Crippen LogP contribution in [-0.4, -0.2) is 28.2 Å². The Labute approximate surface area is 134 Å². The van der Waals surface area contributed by atoms with Gasteiger partial charge in [0.1, 0.15) is 17.7 Å². The first-order valence-corrected chi connectivity index (χ1v) is 7.33. The van der Waals surface area contributed by atoms with Crippen molar-refractivity contribution in [3.8, 4) is 5.75 Å². The summed E-state index contributed by atoms with van der Waals surface area (Å²) in [7, 11) is 1.88. The average Bonchev–Trinajstić information content (AvgIpc) is 2.91. The monoisotopic (exact) mass is 322 g/mol. The number of urea groups is 1. The number of aromatic nitrogens is 2. The summed E-state index contributed by atoms with van der Waals surface area (Å²) in [6, 6.07) is 6.97. The SMILES string of the molecule is CC(CNC(=O)NCc1nccn1C)Oc1ccccc1Cl. The molecule has 6 nitrogen and oxygen atoms in total. The molecule has 1 atom stereocenters. The minimum Gasteiger partial charge on any atom is -0.487 e. The minimum absolute atomic E-state index is 0.196. The first kappa shape index (κ1) is 16.2. The van der Waals surface area contributed by atoms with Crippen molar-refractivity contribution in [2.45, 2.75) is 19.6 Å². The lowest BCUT2D eigenvalue weighted by molar-refractivity contribution is 0.207. The minimum atomic E-state index is -0.266. The number of nitrogens with one attached hydrogen (secondary N) is 2. The first-order valence-electron chi connectivity index (χ1n) is 6.95. The Balaban J connectivity index is 1.72. The normalized spacial score (nSPS) is 11.8. The molecule has 118 valence electrons. The van der Waals surface area contributed by atoms with Gasteiger partial charge in [-0.15, -0.1) is 0 Å². The van der Waals surface area contributed by atoms with Crippen LogP contribution in [0.5, 0.6) is 5.75 Å². The molecule has 0 aliphatic heterocycles. The largest absolute Gasteiger partial charge is 0.487 e. The van der Waals surface area contributed by atoms with E-state index >= 15 is 0 Å². The molecule has 2 N–H and O–H groups in total. The molecule has 0 spiro atoms. The lowest BCUT2D eigenvalue weighted by Gasteiger charge is -2.16. The van der Waals surface area contributed by atoms with E-state index in [0.717, 1.165) is 5.82 Å². The van der Waals surface area contributed by atoms with Gasteiger partial charge in [0.05, 0.1) is 18.1 Å². The van der Waals surface area contributed by atoms with Gasteiger partial charge in [0, 0.05) is 19.4 Å². The van der Waals surface area contributed by atoms with Gasteiger partial charge in [-0.2, -0.15) is 0 Å². The Hall–Kier alpha value is -2.21. The summed E-state index contributed by atoms with van der Waals surface area (Å²) >= 11 is 6.02. The van der Waals surface area contributed by atoms with E-state index < -0.39 is 0 Å². The zero-order valence-electron chi connectivity index (χ0n) is 12.5. The molecule has 1 unspecified atom stereocenters. The Kier molecular flexibility index (Phi) is 5.66. The van der Waals surface area contributed by atoms with Gasteiger partial charge in [-0.1, -0.05) is 23.7 Å². The van der Waals surface area contributed by atoms with Crippen LogP contribution in [0.2, 0.25) is 5.02 Å². The van der Waals surface area contributed by atoms with E-state index in [9.17, 15) is 4.79 Å². The highest BCUT2D eigenvalue weighted by Gasteiger charge is 2.09. The number of halogens is 1. The maximum absolute atomic E-state index is 11.7. The van der Waals surface area contributed by atoms with Crippen LogP contribution in [0, 0.1) is 0 Å². The van der Waals surface area contributed by atoms with Gasteiger partial charge < -0.3 is 19.9 Å². The molecule has 0 aliphatic rings. The third-order valence-electron chi connectivity index (χ3n) is 3.04. The standard InChI is InChI=1S/C15H19ClN4O2/c1-11(22-13-6-4-3-5-12(13)16)9-18-15(21)19-10-14-17-7-8-20(14)2/h3-8,11H,9-10H2,1-2H3,(H2,18,19,21). The van der Waals surface area contributed by atoms with E-state index in [1.807, 2.05) is 36.9 Å². The van der Waals surface area contributed by atoms with Crippen molar-refractivity contribution in [2.24, 2.45) is 7.05 Å². The van der Waals surface area contributed by atoms with Crippen LogP contribution in [0.15, 0.2) is 36.7 Å². The quantitative estimate of drug-likeness (QED) is 0.857. The van der Waals surface area contributed by atoms with Crippen molar-refractivity contribution < 1.29 is 9.53 Å². The Morgan fingerprint density at radius 1 is 1.41 bits per heavy atom. The van der Waals surface area contributed by atoms with E-state index in [1.165, 1.54) is 0 Å². The molecule has 1 aromatic carbocycles. The molecular weight excluding hydrogens is 304 g/mol. The Bertz CT molecular complexity index is 630. The van der Waals surface area contributed by atoms with Gasteiger partial charge in [-0.05, 0) is 19.1 Å². The molecule has 0 bridgehead atoms. The summed E-state index contributed by atoms with van der Waals surface area (Å²) in [5.41, 5.74) is 0. The third kappa shape index (κ3) is 4.66. The zero-order valence-corrected chi connectivity index (χ0v) is 13.3. The summed E-state index contributed by atoms with van der Waals surface area (Å²) in [5, 5.41) is 6.04. The number of carbonyl (C=O) groups excluding carboxylic acids is 1. The fourth-order valence-corrected chi connectivity index (χ4v) is 2.00. The maximum atomic E-state index is 11.7. The number of hydrogen-bond donors (Lipinski definition) is 2. The fraction of sp³-hybridized carbons (Fsp3) is 0.333. The summed E-state index contributed by atoms with van der Waals surface area (Å²) < 4.78 is 7.52. The molecule has 0 saturated heterocycles. The van der Waals surface area contributed by atoms with Crippen molar-refractivity contribution in [1.82, 2.24) is 20.2 Å². The van der Waals surface area contributed by atoms with Gasteiger partial charge in [-0.25, -0.2) is 9.78 Å². The summed E-state index contributed by atoms with van der Waals surface area (Å²) in [5.74, 6) is 1.39. The smallest absolute Gasteiger partial charge is 0.315 e. The number of aryl methyl sites for hydroxylation is 1. The van der Waals surface area contributed by atoms with Crippen LogP contribution in [0.1, 0.15) is 12.7 Å². The molecule has 1 heterocycles. The summed E-state index contributed by atoms with van der Waals surface area (Å²) in [6.45, 7) is 2.61. The lowest BCUT2D eigenvalue weighted by atomic mass is 10.3. The Morgan fingerprint density at radius 3 is 2.86 bits per heavy atom. The second-order valence-electron chi connectivity index (χ2n) is 4.88. The topological polar surface area (TPSA) is 68.2 Å². The zero-order chi connectivity index (χ0) is 15.9. The molecule has 0 fully saturated rings. The number of ether oxygens (including phenoxy) is 1. The fourth-order valence-electron chi connectivity index (χ4n) is 1.82. The highest BCUT2D eigenvalue weighted by molar-refractivity contribution is 6.32. The van der Waals surface area contributed by atoms with Crippen LogP contribution in [0.4, 0.5) is 4.79 Å². The van der Waals surface area contributed by atoms with Crippen LogP contribution in [0.3, 0.4) is 0 Å².